The second-order valence-electron chi connectivity index (χ2n) is 7.48. The summed E-state index contributed by atoms with van der Waals surface area (Å²) in [6, 6.07) is 11.0. The lowest BCUT2D eigenvalue weighted by molar-refractivity contribution is -0.143. The Kier molecular flexibility index (Phi) is 6.39. The van der Waals surface area contributed by atoms with Crippen LogP contribution in [0.5, 0.6) is 0 Å². The number of allylic oxidation sites excluding steroid dienone is 1. The first kappa shape index (κ1) is 22.0. The summed E-state index contributed by atoms with van der Waals surface area (Å²) >= 11 is 0. The van der Waals surface area contributed by atoms with Crippen molar-refractivity contribution in [3.63, 3.8) is 0 Å². The molecular formula is C23H24FN3O4. The highest BCUT2D eigenvalue weighted by molar-refractivity contribution is 6.04. The van der Waals surface area contributed by atoms with Crippen molar-refractivity contribution in [1.82, 2.24) is 10.2 Å². The van der Waals surface area contributed by atoms with Crippen LogP contribution in [-0.4, -0.2) is 36.0 Å². The normalized spacial score (nSPS) is 16.3. The van der Waals surface area contributed by atoms with Crippen LogP contribution in [-0.2, 0) is 9.53 Å². The van der Waals surface area contributed by atoms with Gasteiger partial charge in [0, 0.05) is 24.0 Å². The number of esters is 1. The van der Waals surface area contributed by atoms with E-state index in [1.54, 1.807) is 52.1 Å². The highest BCUT2D eigenvalue weighted by Gasteiger charge is 2.35. The lowest BCUT2D eigenvalue weighted by Crippen LogP contribution is -2.46. The number of rotatable bonds is 5. The number of nitrogens with zero attached hydrogens (tertiary/aromatic N) is 1. The van der Waals surface area contributed by atoms with Crippen molar-refractivity contribution >= 4 is 23.6 Å². The number of hydrogen-bond acceptors (Lipinski definition) is 4. The number of halogens is 1. The molecule has 0 fully saturated rings. The van der Waals surface area contributed by atoms with Gasteiger partial charge in [-0.1, -0.05) is 18.2 Å². The fraction of sp³-hybridized carbons (Fsp3) is 0.261. The summed E-state index contributed by atoms with van der Waals surface area (Å²) in [5.41, 5.74) is 2.00. The molecule has 162 valence electrons. The van der Waals surface area contributed by atoms with Crippen molar-refractivity contribution in [3.05, 3.63) is 76.7 Å². The van der Waals surface area contributed by atoms with Gasteiger partial charge >= 0.3 is 12.0 Å². The molecule has 0 spiro atoms. The fourth-order valence-electron chi connectivity index (χ4n) is 3.26. The number of urea groups is 1. The quantitative estimate of drug-likeness (QED) is 0.709. The van der Waals surface area contributed by atoms with Gasteiger partial charge in [0.05, 0.1) is 17.7 Å². The van der Waals surface area contributed by atoms with E-state index in [1.165, 1.54) is 23.1 Å². The molecule has 0 bridgehead atoms. The zero-order valence-corrected chi connectivity index (χ0v) is 17.7. The third-order valence-electron chi connectivity index (χ3n) is 4.88. The molecule has 0 saturated carbocycles. The molecule has 3 rings (SSSR count). The van der Waals surface area contributed by atoms with Crippen molar-refractivity contribution in [2.45, 2.75) is 32.9 Å². The molecule has 1 unspecified atom stereocenters. The summed E-state index contributed by atoms with van der Waals surface area (Å²) in [5, 5.41) is 5.51. The Morgan fingerprint density at radius 2 is 1.87 bits per heavy atom. The first-order valence-corrected chi connectivity index (χ1v) is 9.80. The van der Waals surface area contributed by atoms with Crippen LogP contribution in [0.2, 0.25) is 0 Å². The molecule has 1 heterocycles. The van der Waals surface area contributed by atoms with Crippen LogP contribution in [0.4, 0.5) is 14.9 Å². The van der Waals surface area contributed by atoms with Gasteiger partial charge in [0.25, 0.3) is 5.91 Å². The topological polar surface area (TPSA) is 87.7 Å². The summed E-state index contributed by atoms with van der Waals surface area (Å²) in [7, 11) is 1.57. The summed E-state index contributed by atoms with van der Waals surface area (Å²) < 4.78 is 18.8. The van der Waals surface area contributed by atoms with Gasteiger partial charge in [-0.05, 0) is 56.7 Å². The molecule has 1 aliphatic rings. The van der Waals surface area contributed by atoms with Crippen molar-refractivity contribution in [3.8, 4) is 0 Å². The van der Waals surface area contributed by atoms with E-state index in [-0.39, 0.29) is 17.7 Å². The smallest absolute Gasteiger partial charge is 0.338 e. The minimum atomic E-state index is -0.749. The third-order valence-corrected chi connectivity index (χ3v) is 4.88. The van der Waals surface area contributed by atoms with Crippen molar-refractivity contribution in [1.29, 1.82) is 0 Å². The molecule has 2 aromatic carbocycles. The Morgan fingerprint density at radius 1 is 1.16 bits per heavy atom. The van der Waals surface area contributed by atoms with Crippen LogP contribution in [0.25, 0.3) is 0 Å². The van der Waals surface area contributed by atoms with Crippen molar-refractivity contribution in [2.24, 2.45) is 0 Å². The Hall–Kier alpha value is -3.68. The summed E-state index contributed by atoms with van der Waals surface area (Å²) in [6.45, 7) is 5.17. The van der Waals surface area contributed by atoms with E-state index < -0.39 is 23.7 Å². The van der Waals surface area contributed by atoms with Crippen LogP contribution < -0.4 is 10.6 Å². The number of ether oxygens (including phenoxy) is 1. The SMILES string of the molecule is CC1=C(C(=O)OC(C)C)C(c2cccc(NC(=O)c3cccc(F)c3)c2)NC(=O)N1C. The van der Waals surface area contributed by atoms with Gasteiger partial charge in [-0.2, -0.15) is 0 Å². The predicted molar refractivity (Wildman–Crippen MR) is 114 cm³/mol. The Labute approximate surface area is 179 Å². The molecule has 1 atom stereocenters. The average Bonchev–Trinajstić information content (AvgIpc) is 2.71. The first-order valence-electron chi connectivity index (χ1n) is 9.80. The van der Waals surface area contributed by atoms with Crippen molar-refractivity contribution < 1.29 is 23.5 Å². The number of carbonyl (C=O) groups is 3. The van der Waals surface area contributed by atoms with Crippen LogP contribution in [0.3, 0.4) is 0 Å². The third kappa shape index (κ3) is 4.91. The molecule has 0 saturated heterocycles. The van der Waals surface area contributed by atoms with Crippen molar-refractivity contribution in [2.75, 3.05) is 12.4 Å². The minimum Gasteiger partial charge on any atom is -0.459 e. The zero-order valence-electron chi connectivity index (χ0n) is 17.7. The maximum absolute atomic E-state index is 13.4. The zero-order chi connectivity index (χ0) is 22.7. The van der Waals surface area contributed by atoms with Gasteiger partial charge < -0.3 is 20.3 Å². The predicted octanol–water partition coefficient (Wildman–Crippen LogP) is 4.00. The molecular weight excluding hydrogens is 401 g/mol. The van der Waals surface area contributed by atoms with Gasteiger partial charge in [-0.25, -0.2) is 14.0 Å². The lowest BCUT2D eigenvalue weighted by Gasteiger charge is -2.33. The van der Waals surface area contributed by atoms with E-state index in [9.17, 15) is 18.8 Å². The summed E-state index contributed by atoms with van der Waals surface area (Å²) in [5.74, 6) is -1.52. The molecule has 1 aliphatic heterocycles. The van der Waals surface area contributed by atoms with Crippen LogP contribution in [0.15, 0.2) is 59.8 Å². The number of nitrogens with one attached hydrogen (secondary N) is 2. The minimum absolute atomic E-state index is 0.176. The maximum atomic E-state index is 13.4. The van der Waals surface area contributed by atoms with E-state index >= 15 is 0 Å². The Morgan fingerprint density at radius 3 is 2.55 bits per heavy atom. The molecule has 2 aromatic rings. The number of amides is 3. The van der Waals surface area contributed by atoms with E-state index in [1.807, 2.05) is 0 Å². The largest absolute Gasteiger partial charge is 0.459 e. The molecule has 0 aliphatic carbocycles. The summed E-state index contributed by atoms with van der Waals surface area (Å²) in [6.07, 6.45) is -0.326. The fourth-order valence-corrected chi connectivity index (χ4v) is 3.26. The van der Waals surface area contributed by atoms with Gasteiger partial charge in [0.15, 0.2) is 0 Å². The molecule has 31 heavy (non-hydrogen) atoms. The molecule has 7 nitrogen and oxygen atoms in total. The van der Waals surface area contributed by atoms with Gasteiger partial charge in [-0.3, -0.25) is 4.79 Å². The van der Waals surface area contributed by atoms with Gasteiger partial charge in [0.1, 0.15) is 5.82 Å². The molecule has 0 aromatic heterocycles. The summed E-state index contributed by atoms with van der Waals surface area (Å²) in [4.78, 5) is 39.0. The number of benzene rings is 2. The van der Waals surface area contributed by atoms with E-state index in [2.05, 4.69) is 10.6 Å². The standard InChI is InChI=1S/C23H24FN3O4/c1-13(2)31-22(29)19-14(3)27(4)23(30)26-20(19)15-7-6-10-18(12-15)25-21(28)16-8-5-9-17(24)11-16/h5-13,20H,1-4H3,(H,25,28)(H,26,30). The number of hydrogen-bond donors (Lipinski definition) is 2. The van der Waals surface area contributed by atoms with Crippen LogP contribution in [0.1, 0.15) is 42.7 Å². The molecule has 3 amide bonds. The van der Waals surface area contributed by atoms with E-state index in [4.69, 9.17) is 4.74 Å². The van der Waals surface area contributed by atoms with E-state index in [0.717, 1.165) is 6.07 Å². The monoisotopic (exact) mass is 425 g/mol. The molecule has 8 heteroatoms. The average molecular weight is 425 g/mol. The Balaban J connectivity index is 1.93. The second-order valence-corrected chi connectivity index (χ2v) is 7.48. The molecule has 0 radical (unpaired) electrons. The highest BCUT2D eigenvalue weighted by Crippen LogP contribution is 2.32. The van der Waals surface area contributed by atoms with Gasteiger partial charge in [0.2, 0.25) is 0 Å². The lowest BCUT2D eigenvalue weighted by atomic mass is 9.94. The Bertz CT molecular complexity index is 1060. The number of anilines is 1. The van der Waals surface area contributed by atoms with E-state index in [0.29, 0.717) is 22.5 Å². The second kappa shape index (κ2) is 8.99. The highest BCUT2D eigenvalue weighted by atomic mass is 19.1. The molecule has 2 N–H and O–H groups in total. The van der Waals surface area contributed by atoms with Gasteiger partial charge in [-0.15, -0.1) is 0 Å². The van der Waals surface area contributed by atoms with Crippen LogP contribution in [0, 0.1) is 5.82 Å². The first-order chi connectivity index (χ1) is 14.7. The van der Waals surface area contributed by atoms with Crippen LogP contribution >= 0.6 is 0 Å². The maximum Gasteiger partial charge on any atom is 0.338 e. The number of carbonyl (C=O) groups excluding carboxylic acids is 3.